The van der Waals surface area contributed by atoms with E-state index in [0.717, 1.165) is 44.9 Å². The van der Waals surface area contributed by atoms with Crippen LogP contribution in [0.5, 0.6) is 0 Å². The number of hydrogen-bond donors (Lipinski definition) is 0. The maximum Gasteiger partial charge on any atom is 0.313 e. The van der Waals surface area contributed by atoms with E-state index in [9.17, 15) is 9.59 Å². The van der Waals surface area contributed by atoms with Crippen LogP contribution in [-0.2, 0) is 19.7 Å². The Hall–Kier alpha value is -1.64. The van der Waals surface area contributed by atoms with Crippen molar-refractivity contribution in [2.45, 2.75) is 90.1 Å². The summed E-state index contributed by atoms with van der Waals surface area (Å²) in [6.45, 7) is 6.91. The van der Waals surface area contributed by atoms with Gasteiger partial charge in [0.25, 0.3) is 0 Å². The molecule has 0 radical (unpaired) electrons. The van der Waals surface area contributed by atoms with Gasteiger partial charge in [0.15, 0.2) is 0 Å². The van der Waals surface area contributed by atoms with E-state index in [1.54, 1.807) is 0 Å². The van der Waals surface area contributed by atoms with Crippen molar-refractivity contribution in [2.75, 3.05) is 0 Å². The molecule has 0 N–H and O–H groups in total. The summed E-state index contributed by atoms with van der Waals surface area (Å²) in [5.41, 5.74) is 0.763. The minimum atomic E-state index is -0.501. The van der Waals surface area contributed by atoms with Crippen LogP contribution in [0.25, 0.3) is 0 Å². The van der Waals surface area contributed by atoms with E-state index < -0.39 is 5.41 Å². The monoisotopic (exact) mass is 422 g/mol. The molecule has 7 atom stereocenters. The molecule has 0 aliphatic heterocycles. The van der Waals surface area contributed by atoms with Crippen LogP contribution in [0.2, 0.25) is 0 Å². The molecular formula is C28H38O3. The lowest BCUT2D eigenvalue weighted by atomic mass is 9.43. The van der Waals surface area contributed by atoms with Gasteiger partial charge in [0.05, 0.1) is 5.41 Å². The molecule has 3 nitrogen and oxygen atoms in total. The van der Waals surface area contributed by atoms with Gasteiger partial charge in [-0.1, -0.05) is 63.9 Å². The zero-order chi connectivity index (χ0) is 21.8. The first-order valence-electron chi connectivity index (χ1n) is 12.6. The first-order valence-corrected chi connectivity index (χ1v) is 12.6. The predicted molar refractivity (Wildman–Crippen MR) is 121 cm³/mol. The van der Waals surface area contributed by atoms with Gasteiger partial charge in [-0.25, -0.2) is 0 Å². The van der Waals surface area contributed by atoms with Gasteiger partial charge in [-0.05, 0) is 67.3 Å². The van der Waals surface area contributed by atoms with Gasteiger partial charge in [0.1, 0.15) is 11.9 Å². The van der Waals surface area contributed by atoms with Gasteiger partial charge in [-0.2, -0.15) is 0 Å². The zero-order valence-electron chi connectivity index (χ0n) is 19.4. The largest absolute Gasteiger partial charge is 0.462 e. The molecule has 0 heterocycles. The van der Waals surface area contributed by atoms with Crippen LogP contribution in [0.3, 0.4) is 0 Å². The molecule has 0 bridgehead atoms. The molecule has 0 unspecified atom stereocenters. The number of ether oxygens (including phenoxy) is 1. The molecule has 0 saturated heterocycles. The molecule has 4 aliphatic carbocycles. The highest BCUT2D eigenvalue weighted by atomic mass is 16.5. The van der Waals surface area contributed by atoms with Crippen molar-refractivity contribution >= 4 is 11.8 Å². The highest BCUT2D eigenvalue weighted by molar-refractivity contribution is 5.93. The molecule has 4 fully saturated rings. The molecule has 4 aliphatic rings. The minimum absolute atomic E-state index is 0.0262. The van der Waals surface area contributed by atoms with E-state index >= 15 is 0 Å². The van der Waals surface area contributed by atoms with Crippen LogP contribution >= 0.6 is 0 Å². The summed E-state index contributed by atoms with van der Waals surface area (Å²) in [5.74, 6) is 1.97. The maximum atomic E-state index is 13.9. The zero-order valence-corrected chi connectivity index (χ0v) is 19.4. The number of ketones is 1. The molecule has 0 spiro atoms. The summed E-state index contributed by atoms with van der Waals surface area (Å²) in [6.07, 6.45) is 8.92. The lowest BCUT2D eigenvalue weighted by Crippen LogP contribution is -2.64. The Morgan fingerprint density at radius 3 is 2.61 bits per heavy atom. The second-order valence-electron chi connectivity index (χ2n) is 11.6. The van der Waals surface area contributed by atoms with Crippen LogP contribution in [0.4, 0.5) is 0 Å². The molecule has 5 rings (SSSR count). The van der Waals surface area contributed by atoms with Crippen LogP contribution in [0.1, 0.15) is 84.1 Å². The van der Waals surface area contributed by atoms with Gasteiger partial charge in [-0.15, -0.1) is 0 Å². The number of Topliss-reactive ketones (excluding diaryl/α,β-unsaturated/α-hetero) is 1. The third-order valence-electron chi connectivity index (χ3n) is 9.71. The van der Waals surface area contributed by atoms with Gasteiger partial charge < -0.3 is 4.74 Å². The predicted octanol–water partition coefficient (Wildman–Crippen LogP) is 6.10. The van der Waals surface area contributed by atoms with E-state index in [1.807, 2.05) is 0 Å². The number of fused-ring (bicyclic) bond motifs is 4. The van der Waals surface area contributed by atoms with Crippen LogP contribution < -0.4 is 0 Å². The smallest absolute Gasteiger partial charge is 0.313 e. The number of benzene rings is 1. The van der Waals surface area contributed by atoms with Gasteiger partial charge >= 0.3 is 5.97 Å². The van der Waals surface area contributed by atoms with E-state index in [1.165, 1.54) is 12.0 Å². The summed E-state index contributed by atoms with van der Waals surface area (Å²) in [7, 11) is 0. The highest BCUT2D eigenvalue weighted by Gasteiger charge is 2.70. The Morgan fingerprint density at radius 1 is 1.06 bits per heavy atom. The van der Waals surface area contributed by atoms with Gasteiger partial charge in [0, 0.05) is 18.3 Å². The van der Waals surface area contributed by atoms with Crippen LogP contribution in [0.15, 0.2) is 30.3 Å². The molecule has 3 heteroatoms. The molecule has 0 amide bonds. The summed E-state index contributed by atoms with van der Waals surface area (Å²) >= 11 is 0. The molecule has 1 aromatic carbocycles. The van der Waals surface area contributed by atoms with Crippen molar-refractivity contribution in [2.24, 2.45) is 35.0 Å². The van der Waals surface area contributed by atoms with Crippen molar-refractivity contribution in [3.8, 4) is 0 Å². The standard InChI is InChI=1S/C28H38O3/c1-18-14-15-22(27(2,3)19-9-5-4-6-10-19)24(17-18)31-26(30)28-16-8-13-23(29)25(28)20-11-7-12-21(20)28/h4-6,9-10,18,20-22,24-25H,7-8,11-17H2,1-3H3/t18-,20-,21+,22-,24-,25-,28+/m1/s1. The molecule has 168 valence electrons. The fourth-order valence-corrected chi connectivity index (χ4v) is 8.09. The highest BCUT2D eigenvalue weighted by Crippen LogP contribution is 2.68. The lowest BCUT2D eigenvalue weighted by molar-refractivity contribution is -0.207. The maximum absolute atomic E-state index is 13.9. The third-order valence-corrected chi connectivity index (χ3v) is 9.71. The van der Waals surface area contributed by atoms with E-state index in [2.05, 4.69) is 51.1 Å². The van der Waals surface area contributed by atoms with E-state index in [4.69, 9.17) is 4.74 Å². The van der Waals surface area contributed by atoms with E-state index in [0.29, 0.717) is 35.9 Å². The topological polar surface area (TPSA) is 43.4 Å². The Balaban J connectivity index is 1.41. The fourth-order valence-electron chi connectivity index (χ4n) is 8.09. The summed E-state index contributed by atoms with van der Waals surface area (Å²) in [4.78, 5) is 26.7. The average molecular weight is 423 g/mol. The SMILES string of the molecule is C[C@@H]1CC[C@@H](C(C)(C)c2ccccc2)[C@H](OC(=O)[C@]23CCCC(=O)[C@H]2[C@@H]2CCC[C@@H]23)C1. The Bertz CT molecular complexity index is 843. The first kappa shape index (κ1) is 21.2. The quantitative estimate of drug-likeness (QED) is 0.551. The Labute approximate surface area is 187 Å². The first-order chi connectivity index (χ1) is 14.9. The van der Waals surface area contributed by atoms with Gasteiger partial charge in [-0.3, -0.25) is 9.59 Å². The van der Waals surface area contributed by atoms with Crippen molar-refractivity contribution in [1.82, 2.24) is 0 Å². The summed E-state index contributed by atoms with van der Waals surface area (Å²) < 4.78 is 6.51. The lowest BCUT2D eigenvalue weighted by Gasteiger charge is -2.59. The van der Waals surface area contributed by atoms with Crippen molar-refractivity contribution in [3.05, 3.63) is 35.9 Å². The van der Waals surface area contributed by atoms with Crippen LogP contribution in [0, 0.1) is 35.0 Å². The Kier molecular flexibility index (Phi) is 5.30. The number of hydrogen-bond acceptors (Lipinski definition) is 3. The third kappa shape index (κ3) is 3.21. The van der Waals surface area contributed by atoms with Crippen molar-refractivity contribution in [1.29, 1.82) is 0 Å². The molecule has 31 heavy (non-hydrogen) atoms. The second kappa shape index (κ2) is 7.74. The number of carbonyl (C=O) groups is 2. The van der Waals surface area contributed by atoms with Crippen molar-refractivity contribution in [3.63, 3.8) is 0 Å². The molecule has 0 aromatic heterocycles. The number of esters is 1. The number of rotatable bonds is 4. The fraction of sp³-hybridized carbons (Fsp3) is 0.714. The molecule has 4 saturated carbocycles. The average Bonchev–Trinajstić information content (AvgIpc) is 3.16. The minimum Gasteiger partial charge on any atom is -0.462 e. The second-order valence-corrected chi connectivity index (χ2v) is 11.6. The normalized spacial score (nSPS) is 39.9. The van der Waals surface area contributed by atoms with Crippen LogP contribution in [-0.4, -0.2) is 17.9 Å². The molecular weight excluding hydrogens is 384 g/mol. The van der Waals surface area contributed by atoms with E-state index in [-0.39, 0.29) is 23.4 Å². The van der Waals surface area contributed by atoms with Gasteiger partial charge in [0.2, 0.25) is 0 Å². The summed E-state index contributed by atoms with van der Waals surface area (Å²) in [5, 5.41) is 0. The van der Waals surface area contributed by atoms with Crippen molar-refractivity contribution < 1.29 is 14.3 Å². The summed E-state index contributed by atoms with van der Waals surface area (Å²) in [6, 6.07) is 10.7. The Morgan fingerprint density at radius 2 is 1.84 bits per heavy atom. The number of carbonyl (C=O) groups excluding carboxylic acids is 2. The molecule has 1 aromatic rings.